The molecule has 0 bridgehead atoms. The highest BCUT2D eigenvalue weighted by Gasteiger charge is 2.19. The first-order valence-corrected chi connectivity index (χ1v) is 5.71. The van der Waals surface area contributed by atoms with Crippen LogP contribution in [0.4, 0.5) is 0 Å². The van der Waals surface area contributed by atoms with Crippen molar-refractivity contribution in [2.24, 2.45) is 0 Å². The molecule has 2 rings (SSSR count). The number of benzene rings is 1. The quantitative estimate of drug-likeness (QED) is 0.902. The Bertz CT molecular complexity index is 442. The summed E-state index contributed by atoms with van der Waals surface area (Å²) in [6.07, 6.45) is 0. The third-order valence-electron chi connectivity index (χ3n) is 2.37. The van der Waals surface area contributed by atoms with Crippen molar-refractivity contribution in [2.45, 2.75) is 6.04 Å². The zero-order chi connectivity index (χ0) is 11.5. The van der Waals surface area contributed by atoms with Crippen LogP contribution in [0.1, 0.15) is 11.6 Å². The first-order chi connectivity index (χ1) is 7.76. The van der Waals surface area contributed by atoms with Gasteiger partial charge in [-0.3, -0.25) is 0 Å². The van der Waals surface area contributed by atoms with E-state index in [4.69, 9.17) is 14.7 Å². The summed E-state index contributed by atoms with van der Waals surface area (Å²) in [5, 5.41) is 11.9. The van der Waals surface area contributed by atoms with E-state index in [0.717, 1.165) is 10.0 Å². The molecule has 0 saturated heterocycles. The van der Waals surface area contributed by atoms with Gasteiger partial charge in [-0.15, -0.1) is 0 Å². The average molecular weight is 283 g/mol. The Morgan fingerprint density at radius 2 is 2.19 bits per heavy atom. The van der Waals surface area contributed by atoms with Crippen LogP contribution in [0, 0.1) is 11.3 Å². The van der Waals surface area contributed by atoms with Gasteiger partial charge in [0, 0.05) is 0 Å². The van der Waals surface area contributed by atoms with Crippen LogP contribution < -0.4 is 14.8 Å². The molecule has 4 nitrogen and oxygen atoms in total. The summed E-state index contributed by atoms with van der Waals surface area (Å²) in [7, 11) is 1.75. The summed E-state index contributed by atoms with van der Waals surface area (Å²) < 4.78 is 11.8. The normalized spacial score (nSPS) is 15.3. The van der Waals surface area contributed by atoms with Crippen LogP contribution in [-0.4, -0.2) is 20.3 Å². The number of nitriles is 1. The molecule has 5 heteroatoms. The Balaban J connectivity index is 2.43. The van der Waals surface area contributed by atoms with E-state index in [9.17, 15) is 0 Å². The minimum absolute atomic E-state index is 0.341. The lowest BCUT2D eigenvalue weighted by atomic mass is 10.1. The summed E-state index contributed by atoms with van der Waals surface area (Å²) in [6.45, 7) is 1.10. The number of fused-ring (bicyclic) bond motifs is 1. The van der Waals surface area contributed by atoms with E-state index < -0.39 is 0 Å². The van der Waals surface area contributed by atoms with E-state index >= 15 is 0 Å². The molecule has 84 valence electrons. The molecule has 0 saturated carbocycles. The maximum absolute atomic E-state index is 8.97. The van der Waals surface area contributed by atoms with Crippen molar-refractivity contribution in [1.82, 2.24) is 5.32 Å². The molecular formula is C11H11BrN2O2. The van der Waals surface area contributed by atoms with Gasteiger partial charge in [-0.1, -0.05) is 0 Å². The highest BCUT2D eigenvalue weighted by atomic mass is 79.9. The number of nitrogens with zero attached hydrogens (tertiary/aromatic N) is 1. The molecule has 1 N–H and O–H groups in total. The summed E-state index contributed by atoms with van der Waals surface area (Å²) >= 11 is 3.42. The maximum Gasteiger partial charge on any atom is 0.175 e. The fraction of sp³-hybridized carbons (Fsp3) is 0.364. The second kappa shape index (κ2) is 4.73. The monoisotopic (exact) mass is 282 g/mol. The third kappa shape index (κ3) is 1.99. The number of halogens is 1. The standard InChI is InChI=1S/C11H11BrN2O2/c1-14-9(6-13)7-4-8(12)11-10(5-7)15-2-3-16-11/h4-5,9,14H,2-3H2,1H3. The maximum atomic E-state index is 8.97. The molecule has 1 aliphatic rings. The second-order valence-electron chi connectivity index (χ2n) is 3.38. The molecule has 1 aromatic carbocycles. The van der Waals surface area contributed by atoms with E-state index in [1.54, 1.807) is 7.05 Å². The number of hydrogen-bond donors (Lipinski definition) is 1. The van der Waals surface area contributed by atoms with Crippen molar-refractivity contribution in [2.75, 3.05) is 20.3 Å². The van der Waals surface area contributed by atoms with Gasteiger partial charge in [-0.25, -0.2) is 0 Å². The summed E-state index contributed by atoms with van der Waals surface area (Å²) in [6, 6.07) is 5.54. The second-order valence-corrected chi connectivity index (χ2v) is 4.23. The fourth-order valence-corrected chi connectivity index (χ4v) is 2.18. The van der Waals surface area contributed by atoms with E-state index in [2.05, 4.69) is 27.3 Å². The largest absolute Gasteiger partial charge is 0.486 e. The topological polar surface area (TPSA) is 54.3 Å². The van der Waals surface area contributed by atoms with Crippen molar-refractivity contribution < 1.29 is 9.47 Å². The van der Waals surface area contributed by atoms with Gasteiger partial charge in [-0.2, -0.15) is 5.26 Å². The van der Waals surface area contributed by atoms with Crippen LogP contribution in [0.25, 0.3) is 0 Å². The Morgan fingerprint density at radius 3 is 2.88 bits per heavy atom. The first kappa shape index (κ1) is 11.2. The lowest BCUT2D eigenvalue weighted by molar-refractivity contribution is 0.170. The van der Waals surface area contributed by atoms with Crippen molar-refractivity contribution in [1.29, 1.82) is 5.26 Å². The predicted molar refractivity (Wildman–Crippen MR) is 62.5 cm³/mol. The van der Waals surface area contributed by atoms with E-state index in [1.807, 2.05) is 12.1 Å². The van der Waals surface area contributed by atoms with Gasteiger partial charge >= 0.3 is 0 Å². The molecule has 1 heterocycles. The van der Waals surface area contributed by atoms with Gasteiger partial charge in [-0.05, 0) is 40.7 Å². The molecule has 1 unspecified atom stereocenters. The lowest BCUT2D eigenvalue weighted by Gasteiger charge is -2.21. The predicted octanol–water partition coefficient (Wildman–Crippen LogP) is 2.00. The SMILES string of the molecule is CNC(C#N)c1cc(Br)c2c(c1)OCCO2. The first-order valence-electron chi connectivity index (χ1n) is 4.92. The zero-order valence-corrected chi connectivity index (χ0v) is 10.4. The Kier molecular flexibility index (Phi) is 3.32. The van der Waals surface area contributed by atoms with Gasteiger partial charge < -0.3 is 14.8 Å². The van der Waals surface area contributed by atoms with Crippen LogP contribution in [0.2, 0.25) is 0 Å². The number of rotatable bonds is 2. The molecule has 1 atom stereocenters. The van der Waals surface area contributed by atoms with Gasteiger partial charge in [0.05, 0.1) is 10.5 Å². The molecule has 16 heavy (non-hydrogen) atoms. The summed E-state index contributed by atoms with van der Waals surface area (Å²) in [5.74, 6) is 1.40. The lowest BCUT2D eigenvalue weighted by Crippen LogP contribution is -2.18. The Hall–Kier alpha value is -1.25. The Labute approximate surface area is 102 Å². The molecule has 0 spiro atoms. The van der Waals surface area contributed by atoms with Crippen LogP contribution in [-0.2, 0) is 0 Å². The fourth-order valence-electron chi connectivity index (χ4n) is 1.60. The number of hydrogen-bond acceptors (Lipinski definition) is 4. The van der Waals surface area contributed by atoms with Crippen molar-refractivity contribution >= 4 is 15.9 Å². The van der Waals surface area contributed by atoms with Gasteiger partial charge in [0.1, 0.15) is 19.3 Å². The molecule has 0 aromatic heterocycles. The number of ether oxygens (including phenoxy) is 2. The molecule has 0 aliphatic carbocycles. The average Bonchev–Trinajstić information content (AvgIpc) is 2.31. The van der Waals surface area contributed by atoms with Crippen LogP contribution >= 0.6 is 15.9 Å². The van der Waals surface area contributed by atoms with E-state index in [-0.39, 0.29) is 6.04 Å². The molecule has 1 aromatic rings. The van der Waals surface area contributed by atoms with Crippen LogP contribution in [0.3, 0.4) is 0 Å². The van der Waals surface area contributed by atoms with E-state index in [1.165, 1.54) is 0 Å². The molecule has 0 radical (unpaired) electrons. The minimum Gasteiger partial charge on any atom is -0.486 e. The Morgan fingerprint density at radius 1 is 1.44 bits per heavy atom. The van der Waals surface area contributed by atoms with Crippen molar-refractivity contribution in [3.05, 3.63) is 22.2 Å². The van der Waals surface area contributed by atoms with Crippen molar-refractivity contribution in [3.8, 4) is 17.6 Å². The van der Waals surface area contributed by atoms with Crippen LogP contribution in [0.15, 0.2) is 16.6 Å². The highest BCUT2D eigenvalue weighted by Crippen LogP contribution is 2.39. The summed E-state index contributed by atoms with van der Waals surface area (Å²) in [5.41, 5.74) is 0.862. The summed E-state index contributed by atoms with van der Waals surface area (Å²) in [4.78, 5) is 0. The van der Waals surface area contributed by atoms with Crippen molar-refractivity contribution in [3.63, 3.8) is 0 Å². The molecular weight excluding hydrogens is 272 g/mol. The highest BCUT2D eigenvalue weighted by molar-refractivity contribution is 9.10. The van der Waals surface area contributed by atoms with Gasteiger partial charge in [0.25, 0.3) is 0 Å². The smallest absolute Gasteiger partial charge is 0.175 e. The van der Waals surface area contributed by atoms with Gasteiger partial charge in [0.2, 0.25) is 0 Å². The van der Waals surface area contributed by atoms with Crippen LogP contribution in [0.5, 0.6) is 11.5 Å². The molecule has 0 fully saturated rings. The minimum atomic E-state index is -0.341. The van der Waals surface area contributed by atoms with E-state index in [0.29, 0.717) is 24.7 Å². The molecule has 1 aliphatic heterocycles. The third-order valence-corrected chi connectivity index (χ3v) is 2.96. The molecule has 0 amide bonds. The zero-order valence-electron chi connectivity index (χ0n) is 8.79. The van der Waals surface area contributed by atoms with Gasteiger partial charge in [0.15, 0.2) is 11.5 Å². The number of nitrogens with one attached hydrogen (secondary N) is 1.